The minimum atomic E-state index is 0.439. The van der Waals surface area contributed by atoms with E-state index < -0.39 is 0 Å². The number of nitrogens with one attached hydrogen (secondary N) is 2. The van der Waals surface area contributed by atoms with Crippen molar-refractivity contribution in [1.82, 2.24) is 10.6 Å². The molecule has 0 aliphatic rings. The predicted molar refractivity (Wildman–Crippen MR) is 97.7 cm³/mol. The minimum Gasteiger partial charge on any atom is -0.496 e. The number of rotatable bonds is 8. The van der Waals surface area contributed by atoms with Gasteiger partial charge in [-0.3, -0.25) is 10.3 Å². The highest BCUT2D eigenvalue weighted by Crippen LogP contribution is 2.17. The van der Waals surface area contributed by atoms with E-state index in [0.717, 1.165) is 23.5 Å². The molecule has 0 fully saturated rings. The standard InChI is InChI=1S/C19H22N4O2/c1-24-18-10-6-5-7-16(18)11-12-21-19(23-15-20)22-13-14-25-17-8-3-2-4-9-17/h2-10H,11-14H2,1H3,(H2,21,22,23). The van der Waals surface area contributed by atoms with Crippen LogP contribution in [0, 0.1) is 11.5 Å². The number of nitriles is 1. The van der Waals surface area contributed by atoms with E-state index in [9.17, 15) is 0 Å². The fraction of sp³-hybridized carbons (Fsp3) is 0.263. The average Bonchev–Trinajstić information content (AvgIpc) is 2.66. The first-order valence-electron chi connectivity index (χ1n) is 8.06. The summed E-state index contributed by atoms with van der Waals surface area (Å²) in [6.07, 6.45) is 2.61. The van der Waals surface area contributed by atoms with E-state index in [2.05, 4.69) is 15.6 Å². The quantitative estimate of drug-likeness (QED) is 0.254. The Balaban J connectivity index is 1.79. The van der Waals surface area contributed by atoms with E-state index in [1.807, 2.05) is 60.8 Å². The molecule has 0 saturated heterocycles. The van der Waals surface area contributed by atoms with Gasteiger partial charge in [0.25, 0.3) is 0 Å². The van der Waals surface area contributed by atoms with E-state index in [1.54, 1.807) is 7.11 Å². The van der Waals surface area contributed by atoms with Crippen molar-refractivity contribution in [2.75, 3.05) is 26.8 Å². The fourth-order valence-electron chi connectivity index (χ4n) is 2.25. The highest BCUT2D eigenvalue weighted by molar-refractivity contribution is 5.81. The second-order valence-corrected chi connectivity index (χ2v) is 5.12. The van der Waals surface area contributed by atoms with Gasteiger partial charge in [0.05, 0.1) is 13.7 Å². The molecular weight excluding hydrogens is 316 g/mol. The van der Waals surface area contributed by atoms with Crippen LogP contribution in [0.3, 0.4) is 0 Å². The Morgan fingerprint density at radius 3 is 2.64 bits per heavy atom. The molecule has 0 aliphatic carbocycles. The van der Waals surface area contributed by atoms with Crippen molar-refractivity contribution >= 4 is 5.96 Å². The summed E-state index contributed by atoms with van der Waals surface area (Å²) in [5.74, 6) is 2.10. The molecule has 2 aromatic rings. The molecule has 0 amide bonds. The summed E-state index contributed by atoms with van der Waals surface area (Å²) in [5, 5.41) is 14.5. The smallest absolute Gasteiger partial charge is 0.204 e. The Morgan fingerprint density at radius 2 is 1.88 bits per heavy atom. The predicted octanol–water partition coefficient (Wildman–Crippen LogP) is 2.33. The van der Waals surface area contributed by atoms with Gasteiger partial charge in [-0.1, -0.05) is 36.4 Å². The van der Waals surface area contributed by atoms with Gasteiger partial charge in [-0.05, 0) is 30.2 Å². The number of hydrogen-bond donors (Lipinski definition) is 2. The highest BCUT2D eigenvalue weighted by atomic mass is 16.5. The maximum absolute atomic E-state index is 8.84. The first kappa shape index (κ1) is 18.1. The molecule has 0 aliphatic heterocycles. The van der Waals surface area contributed by atoms with Crippen molar-refractivity contribution in [3.63, 3.8) is 0 Å². The van der Waals surface area contributed by atoms with Crippen LogP contribution in [0.1, 0.15) is 5.56 Å². The topological polar surface area (TPSA) is 78.7 Å². The van der Waals surface area contributed by atoms with Crippen LogP contribution in [0.15, 0.2) is 59.6 Å². The van der Waals surface area contributed by atoms with Gasteiger partial charge in [-0.2, -0.15) is 5.26 Å². The third kappa shape index (κ3) is 6.43. The number of nitrogens with zero attached hydrogens (tertiary/aromatic N) is 2. The lowest BCUT2D eigenvalue weighted by molar-refractivity contribution is 0.322. The molecule has 2 N–H and O–H groups in total. The van der Waals surface area contributed by atoms with E-state index in [4.69, 9.17) is 14.7 Å². The molecule has 6 nitrogen and oxygen atoms in total. The molecule has 0 aromatic heterocycles. The molecular formula is C19H22N4O2. The first-order chi connectivity index (χ1) is 12.3. The fourth-order valence-corrected chi connectivity index (χ4v) is 2.25. The van der Waals surface area contributed by atoms with E-state index in [-0.39, 0.29) is 0 Å². The second kappa shape index (κ2) is 10.6. The number of ether oxygens (including phenoxy) is 2. The van der Waals surface area contributed by atoms with Gasteiger partial charge in [0.1, 0.15) is 18.1 Å². The first-order valence-corrected chi connectivity index (χ1v) is 8.06. The van der Waals surface area contributed by atoms with Crippen molar-refractivity contribution < 1.29 is 9.47 Å². The number of hydrogen-bond acceptors (Lipinski definition) is 4. The number of aliphatic imine (C=N–C) groups is 1. The van der Waals surface area contributed by atoms with Gasteiger partial charge >= 0.3 is 0 Å². The summed E-state index contributed by atoms with van der Waals surface area (Å²) < 4.78 is 10.9. The van der Waals surface area contributed by atoms with Crippen LogP contribution in [0.25, 0.3) is 0 Å². The molecule has 0 bridgehead atoms. The van der Waals surface area contributed by atoms with Crippen molar-refractivity contribution in [3.8, 4) is 17.7 Å². The van der Waals surface area contributed by atoms with E-state index in [0.29, 0.717) is 25.7 Å². The van der Waals surface area contributed by atoms with Gasteiger partial charge in [0, 0.05) is 6.54 Å². The maximum atomic E-state index is 8.84. The normalized spacial score (nSPS) is 10.6. The molecule has 6 heteroatoms. The molecule has 0 unspecified atom stereocenters. The lowest BCUT2D eigenvalue weighted by Crippen LogP contribution is -2.37. The monoisotopic (exact) mass is 338 g/mol. The van der Waals surface area contributed by atoms with Gasteiger partial charge < -0.3 is 14.8 Å². The van der Waals surface area contributed by atoms with Gasteiger partial charge in [-0.25, -0.2) is 0 Å². The zero-order valence-electron chi connectivity index (χ0n) is 14.2. The summed E-state index contributed by atoms with van der Waals surface area (Å²) in [7, 11) is 1.65. The Hall–Kier alpha value is -3.20. The number of benzene rings is 2. The Morgan fingerprint density at radius 1 is 1.12 bits per heavy atom. The molecule has 0 saturated carbocycles. The van der Waals surface area contributed by atoms with E-state index >= 15 is 0 Å². The molecule has 130 valence electrons. The zero-order chi connectivity index (χ0) is 17.7. The average molecular weight is 338 g/mol. The second-order valence-electron chi connectivity index (χ2n) is 5.12. The lowest BCUT2D eigenvalue weighted by Gasteiger charge is -2.10. The third-order valence-electron chi connectivity index (χ3n) is 3.42. The van der Waals surface area contributed by atoms with Crippen LogP contribution in [-0.4, -0.2) is 32.8 Å². The molecule has 0 spiro atoms. The highest BCUT2D eigenvalue weighted by Gasteiger charge is 2.02. The largest absolute Gasteiger partial charge is 0.496 e. The van der Waals surface area contributed by atoms with Crippen molar-refractivity contribution in [3.05, 3.63) is 60.2 Å². The van der Waals surface area contributed by atoms with Crippen LogP contribution in [0.4, 0.5) is 0 Å². The summed E-state index contributed by atoms with van der Waals surface area (Å²) in [6.45, 7) is 1.55. The Labute approximate surface area is 148 Å². The van der Waals surface area contributed by atoms with Gasteiger partial charge in [-0.15, -0.1) is 0 Å². The maximum Gasteiger partial charge on any atom is 0.204 e. The molecule has 0 heterocycles. The minimum absolute atomic E-state index is 0.439. The molecule has 0 radical (unpaired) electrons. The van der Waals surface area contributed by atoms with Crippen LogP contribution in [-0.2, 0) is 6.42 Å². The van der Waals surface area contributed by atoms with Gasteiger partial charge in [0.2, 0.25) is 5.96 Å². The summed E-state index contributed by atoms with van der Waals surface area (Å²) in [5.41, 5.74) is 1.08. The lowest BCUT2D eigenvalue weighted by atomic mass is 10.1. The third-order valence-corrected chi connectivity index (χ3v) is 3.42. The SMILES string of the molecule is COc1ccccc1CCN=C(NC#N)NCCOc1ccccc1. The Bertz CT molecular complexity index is 711. The van der Waals surface area contributed by atoms with Crippen LogP contribution >= 0.6 is 0 Å². The summed E-state index contributed by atoms with van der Waals surface area (Å²) >= 11 is 0. The molecule has 0 atom stereocenters. The van der Waals surface area contributed by atoms with Crippen LogP contribution in [0.5, 0.6) is 11.5 Å². The summed E-state index contributed by atoms with van der Waals surface area (Å²) in [4.78, 5) is 4.39. The number of methoxy groups -OCH3 is 1. The Kier molecular flexibility index (Phi) is 7.66. The number of guanidine groups is 1. The zero-order valence-corrected chi connectivity index (χ0v) is 14.2. The molecule has 2 rings (SSSR count). The van der Waals surface area contributed by atoms with Crippen LogP contribution < -0.4 is 20.1 Å². The van der Waals surface area contributed by atoms with E-state index in [1.165, 1.54) is 0 Å². The van der Waals surface area contributed by atoms with Crippen molar-refractivity contribution in [2.24, 2.45) is 4.99 Å². The van der Waals surface area contributed by atoms with Crippen LogP contribution in [0.2, 0.25) is 0 Å². The van der Waals surface area contributed by atoms with Crippen molar-refractivity contribution in [1.29, 1.82) is 5.26 Å². The van der Waals surface area contributed by atoms with Gasteiger partial charge in [0.15, 0.2) is 6.19 Å². The molecule has 2 aromatic carbocycles. The van der Waals surface area contributed by atoms with Crippen molar-refractivity contribution in [2.45, 2.75) is 6.42 Å². The summed E-state index contributed by atoms with van der Waals surface area (Å²) in [6, 6.07) is 17.4. The molecule has 25 heavy (non-hydrogen) atoms. The number of para-hydroxylation sites is 2.